The third-order valence-corrected chi connectivity index (χ3v) is 4.64. The largest absolute Gasteiger partial charge is 0.334 e. The monoisotopic (exact) mass is 343 g/mol. The molecule has 0 atom stereocenters. The van der Waals surface area contributed by atoms with Crippen molar-refractivity contribution in [3.63, 3.8) is 0 Å². The second-order valence-corrected chi connectivity index (χ2v) is 5.99. The molecule has 1 aliphatic rings. The van der Waals surface area contributed by atoms with Crippen LogP contribution in [0.5, 0.6) is 0 Å². The number of hydrogen-bond donors (Lipinski definition) is 0. The SMILES string of the molecule is O=C(c1ccc(CBr)cc1)N1CCCc2ccccc2C1. The average Bonchev–Trinajstić information content (AvgIpc) is 2.76. The van der Waals surface area contributed by atoms with Gasteiger partial charge in [0.2, 0.25) is 0 Å². The van der Waals surface area contributed by atoms with Crippen molar-refractivity contribution in [3.05, 3.63) is 70.8 Å². The fraction of sp³-hybridized carbons (Fsp3) is 0.278. The molecule has 2 aromatic rings. The van der Waals surface area contributed by atoms with E-state index in [0.717, 1.165) is 36.8 Å². The summed E-state index contributed by atoms with van der Waals surface area (Å²) < 4.78 is 0. The van der Waals surface area contributed by atoms with Crippen LogP contribution in [-0.4, -0.2) is 17.4 Å². The van der Waals surface area contributed by atoms with Gasteiger partial charge in [-0.2, -0.15) is 0 Å². The van der Waals surface area contributed by atoms with Crippen LogP contribution in [0.3, 0.4) is 0 Å². The van der Waals surface area contributed by atoms with Crippen LogP contribution in [-0.2, 0) is 18.3 Å². The molecular weight excluding hydrogens is 326 g/mol. The number of amides is 1. The van der Waals surface area contributed by atoms with Crippen molar-refractivity contribution in [2.24, 2.45) is 0 Å². The van der Waals surface area contributed by atoms with Gasteiger partial charge in [0.25, 0.3) is 5.91 Å². The van der Waals surface area contributed by atoms with Crippen molar-refractivity contribution in [2.75, 3.05) is 6.54 Å². The lowest BCUT2D eigenvalue weighted by Gasteiger charge is -2.21. The van der Waals surface area contributed by atoms with Gasteiger partial charge in [-0.1, -0.05) is 52.3 Å². The molecule has 0 radical (unpaired) electrons. The highest BCUT2D eigenvalue weighted by atomic mass is 79.9. The van der Waals surface area contributed by atoms with Crippen molar-refractivity contribution < 1.29 is 4.79 Å². The maximum atomic E-state index is 12.7. The first-order valence-corrected chi connectivity index (χ1v) is 8.41. The van der Waals surface area contributed by atoms with Gasteiger partial charge in [0.1, 0.15) is 0 Å². The summed E-state index contributed by atoms with van der Waals surface area (Å²) in [4.78, 5) is 14.6. The number of alkyl halides is 1. The van der Waals surface area contributed by atoms with Gasteiger partial charge in [-0.25, -0.2) is 0 Å². The molecule has 3 rings (SSSR count). The van der Waals surface area contributed by atoms with Gasteiger partial charge in [0, 0.05) is 24.0 Å². The minimum atomic E-state index is 0.132. The zero-order valence-corrected chi connectivity index (χ0v) is 13.5. The maximum absolute atomic E-state index is 12.7. The van der Waals surface area contributed by atoms with Gasteiger partial charge in [-0.15, -0.1) is 0 Å². The quantitative estimate of drug-likeness (QED) is 0.749. The highest BCUT2D eigenvalue weighted by molar-refractivity contribution is 9.08. The van der Waals surface area contributed by atoms with Crippen LogP contribution in [0, 0.1) is 0 Å². The van der Waals surface area contributed by atoms with E-state index in [2.05, 4.69) is 40.2 Å². The Balaban J connectivity index is 1.81. The van der Waals surface area contributed by atoms with E-state index in [4.69, 9.17) is 0 Å². The summed E-state index contributed by atoms with van der Waals surface area (Å²) in [6.45, 7) is 1.54. The molecule has 21 heavy (non-hydrogen) atoms. The van der Waals surface area contributed by atoms with Gasteiger partial charge >= 0.3 is 0 Å². The maximum Gasteiger partial charge on any atom is 0.254 e. The Hall–Kier alpha value is -1.61. The van der Waals surface area contributed by atoms with Gasteiger partial charge in [0.15, 0.2) is 0 Å². The van der Waals surface area contributed by atoms with Crippen LogP contribution in [0.2, 0.25) is 0 Å². The molecule has 1 heterocycles. The van der Waals surface area contributed by atoms with E-state index < -0.39 is 0 Å². The number of fused-ring (bicyclic) bond motifs is 1. The average molecular weight is 344 g/mol. The Labute approximate surface area is 133 Å². The molecular formula is C18H18BrNO. The predicted molar refractivity (Wildman–Crippen MR) is 88.6 cm³/mol. The van der Waals surface area contributed by atoms with Crippen LogP contribution < -0.4 is 0 Å². The van der Waals surface area contributed by atoms with Crippen molar-refractivity contribution >= 4 is 21.8 Å². The lowest BCUT2D eigenvalue weighted by molar-refractivity contribution is 0.0746. The first kappa shape index (κ1) is 14.3. The van der Waals surface area contributed by atoms with E-state index in [0.29, 0.717) is 0 Å². The zero-order chi connectivity index (χ0) is 14.7. The molecule has 1 amide bonds. The molecule has 0 fully saturated rings. The van der Waals surface area contributed by atoms with Crippen molar-refractivity contribution in [1.82, 2.24) is 4.90 Å². The van der Waals surface area contributed by atoms with Crippen LogP contribution in [0.4, 0.5) is 0 Å². The highest BCUT2D eigenvalue weighted by Gasteiger charge is 2.19. The third-order valence-electron chi connectivity index (χ3n) is 4.00. The summed E-state index contributed by atoms with van der Waals surface area (Å²) in [5.74, 6) is 0.132. The summed E-state index contributed by atoms with van der Waals surface area (Å²) in [6, 6.07) is 16.3. The molecule has 0 saturated heterocycles. The number of halogens is 1. The molecule has 0 bridgehead atoms. The number of carbonyl (C=O) groups excluding carboxylic acids is 1. The zero-order valence-electron chi connectivity index (χ0n) is 11.9. The Bertz CT molecular complexity index is 636. The lowest BCUT2D eigenvalue weighted by Crippen LogP contribution is -2.30. The van der Waals surface area contributed by atoms with Crippen LogP contribution in [0.15, 0.2) is 48.5 Å². The summed E-state index contributed by atoms with van der Waals surface area (Å²) >= 11 is 3.43. The van der Waals surface area contributed by atoms with Crippen LogP contribution >= 0.6 is 15.9 Å². The molecule has 1 aliphatic heterocycles. The summed E-state index contributed by atoms with van der Waals surface area (Å²) in [5.41, 5.74) is 4.62. The molecule has 2 nitrogen and oxygen atoms in total. The molecule has 0 aliphatic carbocycles. The predicted octanol–water partition coefficient (Wildman–Crippen LogP) is 4.17. The normalized spacial score (nSPS) is 14.4. The second-order valence-electron chi connectivity index (χ2n) is 5.43. The van der Waals surface area contributed by atoms with E-state index in [-0.39, 0.29) is 5.91 Å². The number of nitrogens with zero attached hydrogens (tertiary/aromatic N) is 1. The lowest BCUT2D eigenvalue weighted by atomic mass is 10.0. The van der Waals surface area contributed by atoms with E-state index in [9.17, 15) is 4.79 Å². The minimum Gasteiger partial charge on any atom is -0.334 e. The van der Waals surface area contributed by atoms with Crippen molar-refractivity contribution in [2.45, 2.75) is 24.7 Å². The highest BCUT2D eigenvalue weighted by Crippen LogP contribution is 2.20. The number of benzene rings is 2. The molecule has 0 spiro atoms. The van der Waals surface area contributed by atoms with Gasteiger partial charge in [-0.3, -0.25) is 4.79 Å². The fourth-order valence-electron chi connectivity index (χ4n) is 2.79. The van der Waals surface area contributed by atoms with Crippen LogP contribution in [0.25, 0.3) is 0 Å². The molecule has 0 aromatic heterocycles. The van der Waals surface area contributed by atoms with Gasteiger partial charge in [-0.05, 0) is 41.7 Å². The van der Waals surface area contributed by atoms with E-state index >= 15 is 0 Å². The van der Waals surface area contributed by atoms with Crippen molar-refractivity contribution in [3.8, 4) is 0 Å². The number of hydrogen-bond acceptors (Lipinski definition) is 1. The van der Waals surface area contributed by atoms with Gasteiger partial charge < -0.3 is 4.90 Å². The molecule has 0 unspecified atom stereocenters. The second kappa shape index (κ2) is 6.44. The first-order valence-electron chi connectivity index (χ1n) is 7.29. The minimum absolute atomic E-state index is 0.132. The Morgan fingerprint density at radius 3 is 2.48 bits per heavy atom. The Morgan fingerprint density at radius 1 is 1.05 bits per heavy atom. The molecule has 108 valence electrons. The molecule has 3 heteroatoms. The van der Waals surface area contributed by atoms with E-state index in [1.807, 2.05) is 29.2 Å². The van der Waals surface area contributed by atoms with Crippen LogP contribution in [0.1, 0.15) is 33.5 Å². The topological polar surface area (TPSA) is 20.3 Å². The number of carbonyl (C=O) groups is 1. The fourth-order valence-corrected chi connectivity index (χ4v) is 3.17. The van der Waals surface area contributed by atoms with E-state index in [1.165, 1.54) is 16.7 Å². The Morgan fingerprint density at radius 2 is 1.76 bits per heavy atom. The smallest absolute Gasteiger partial charge is 0.254 e. The van der Waals surface area contributed by atoms with Crippen molar-refractivity contribution in [1.29, 1.82) is 0 Å². The number of rotatable bonds is 2. The Kier molecular flexibility index (Phi) is 4.39. The molecule has 0 saturated carbocycles. The third kappa shape index (κ3) is 3.18. The standard InChI is InChI=1S/C18H18BrNO/c19-12-14-7-9-16(10-8-14)18(21)20-11-3-6-15-4-1-2-5-17(15)13-20/h1-2,4-5,7-10H,3,6,11-13H2. The summed E-state index contributed by atoms with van der Waals surface area (Å²) in [5, 5.41) is 0.818. The summed E-state index contributed by atoms with van der Waals surface area (Å²) in [6.07, 6.45) is 2.09. The molecule has 0 N–H and O–H groups in total. The summed E-state index contributed by atoms with van der Waals surface area (Å²) in [7, 11) is 0. The van der Waals surface area contributed by atoms with Gasteiger partial charge in [0.05, 0.1) is 0 Å². The molecule has 2 aromatic carbocycles. The van der Waals surface area contributed by atoms with E-state index in [1.54, 1.807) is 0 Å². The number of aryl methyl sites for hydroxylation is 1. The first-order chi connectivity index (χ1) is 10.3.